The molecule has 1 N–H and O–H groups in total. The molecule has 1 aromatic carbocycles. The minimum absolute atomic E-state index is 0.360. The van der Waals surface area contributed by atoms with Crippen LogP contribution in [0, 0.1) is 18.8 Å². The lowest BCUT2D eigenvalue weighted by molar-refractivity contribution is 0.326. The topological polar surface area (TPSA) is 25.2 Å². The monoisotopic (exact) mass is 271 g/mol. The molecule has 0 spiro atoms. The molecule has 2 heteroatoms. The van der Waals surface area contributed by atoms with E-state index in [1.54, 1.807) is 0 Å². The smallest absolute Gasteiger partial charge is 0.134 e. The number of hydrogen-bond donors (Lipinski definition) is 1. The summed E-state index contributed by atoms with van der Waals surface area (Å²) in [5.41, 5.74) is 2.30. The molecule has 108 valence electrons. The maximum absolute atomic E-state index is 6.09. The predicted octanol–water partition coefficient (Wildman–Crippen LogP) is 4.83. The summed E-state index contributed by atoms with van der Waals surface area (Å²) in [7, 11) is 2.06. The summed E-state index contributed by atoms with van der Waals surface area (Å²) < 4.78 is 6.09. The zero-order valence-corrected chi connectivity index (χ0v) is 12.8. The summed E-state index contributed by atoms with van der Waals surface area (Å²) in [6, 6.07) is 9.00. The Balaban J connectivity index is 1.87. The van der Waals surface area contributed by atoms with Crippen LogP contribution in [0.2, 0.25) is 0 Å². The molecular formula is C18H25NO. The number of nitrogens with one attached hydrogen (secondary N) is 1. The van der Waals surface area contributed by atoms with Crippen molar-refractivity contribution in [3.8, 4) is 0 Å². The predicted molar refractivity (Wildman–Crippen MR) is 83.9 cm³/mol. The Morgan fingerprint density at radius 1 is 1.30 bits per heavy atom. The van der Waals surface area contributed by atoms with Crippen molar-refractivity contribution in [1.29, 1.82) is 0 Å². The first-order valence-corrected chi connectivity index (χ1v) is 7.88. The van der Waals surface area contributed by atoms with Crippen LogP contribution in [0.1, 0.15) is 50.0 Å². The molecule has 0 radical (unpaired) electrons. The third-order valence-electron chi connectivity index (χ3n) is 4.94. The van der Waals surface area contributed by atoms with Crippen molar-refractivity contribution in [2.75, 3.05) is 7.05 Å². The zero-order chi connectivity index (χ0) is 14.1. The van der Waals surface area contributed by atoms with E-state index >= 15 is 0 Å². The van der Waals surface area contributed by atoms with Crippen LogP contribution >= 0.6 is 0 Å². The Labute approximate surface area is 121 Å². The molecule has 1 heterocycles. The molecule has 3 rings (SSSR count). The van der Waals surface area contributed by atoms with Crippen LogP contribution in [0.4, 0.5) is 0 Å². The van der Waals surface area contributed by atoms with Gasteiger partial charge in [-0.3, -0.25) is 0 Å². The van der Waals surface area contributed by atoms with Gasteiger partial charge in [-0.15, -0.1) is 0 Å². The summed E-state index contributed by atoms with van der Waals surface area (Å²) in [5, 5.41) is 4.71. The highest BCUT2D eigenvalue weighted by Gasteiger charge is 2.31. The lowest BCUT2D eigenvalue weighted by Gasteiger charge is -2.21. The molecule has 3 unspecified atom stereocenters. The van der Waals surface area contributed by atoms with E-state index in [4.69, 9.17) is 4.42 Å². The Hall–Kier alpha value is -1.28. The summed E-state index contributed by atoms with van der Waals surface area (Å²) in [5.74, 6) is 2.73. The molecular weight excluding hydrogens is 246 g/mol. The van der Waals surface area contributed by atoms with Crippen molar-refractivity contribution in [2.45, 2.75) is 45.6 Å². The highest BCUT2D eigenvalue weighted by Crippen LogP contribution is 2.41. The van der Waals surface area contributed by atoms with E-state index in [-0.39, 0.29) is 0 Å². The number of rotatable bonds is 4. The standard InChI is InChI=1S/C18H25NO/c1-4-13-6-7-14(10-13)18(19-3)17-11-15-9-12(2)5-8-16(15)20-17/h5,8-9,11,13-14,18-19H,4,6-7,10H2,1-3H3. The molecule has 1 aromatic heterocycles. The van der Waals surface area contributed by atoms with Crippen molar-refractivity contribution in [2.24, 2.45) is 11.8 Å². The van der Waals surface area contributed by atoms with Gasteiger partial charge < -0.3 is 9.73 Å². The zero-order valence-electron chi connectivity index (χ0n) is 12.8. The number of aryl methyl sites for hydroxylation is 1. The Kier molecular flexibility index (Phi) is 3.84. The first-order chi connectivity index (χ1) is 9.71. The van der Waals surface area contributed by atoms with Gasteiger partial charge in [0, 0.05) is 5.39 Å². The SMILES string of the molecule is CCC1CCC(C(NC)c2cc3cc(C)ccc3o2)C1. The molecule has 1 aliphatic carbocycles. The Morgan fingerprint density at radius 3 is 2.85 bits per heavy atom. The second-order valence-corrected chi connectivity index (χ2v) is 6.30. The van der Waals surface area contributed by atoms with Gasteiger partial charge in [-0.1, -0.05) is 31.4 Å². The maximum atomic E-state index is 6.09. The van der Waals surface area contributed by atoms with Crippen LogP contribution < -0.4 is 5.32 Å². The minimum atomic E-state index is 0.360. The summed E-state index contributed by atoms with van der Waals surface area (Å²) >= 11 is 0. The van der Waals surface area contributed by atoms with Gasteiger partial charge in [0.25, 0.3) is 0 Å². The molecule has 0 aliphatic heterocycles. The second-order valence-electron chi connectivity index (χ2n) is 6.30. The fourth-order valence-electron chi connectivity index (χ4n) is 3.73. The fourth-order valence-corrected chi connectivity index (χ4v) is 3.73. The van der Waals surface area contributed by atoms with Crippen molar-refractivity contribution < 1.29 is 4.42 Å². The Bertz CT molecular complexity index is 586. The van der Waals surface area contributed by atoms with E-state index in [9.17, 15) is 0 Å². The van der Waals surface area contributed by atoms with Crippen LogP contribution in [0.25, 0.3) is 11.0 Å². The van der Waals surface area contributed by atoms with Crippen LogP contribution in [-0.2, 0) is 0 Å². The van der Waals surface area contributed by atoms with E-state index in [0.717, 1.165) is 17.3 Å². The van der Waals surface area contributed by atoms with Gasteiger partial charge >= 0.3 is 0 Å². The van der Waals surface area contributed by atoms with Crippen molar-refractivity contribution in [3.05, 3.63) is 35.6 Å². The third-order valence-corrected chi connectivity index (χ3v) is 4.94. The molecule has 2 aromatic rings. The molecule has 1 aliphatic rings. The minimum Gasteiger partial charge on any atom is -0.459 e. The van der Waals surface area contributed by atoms with Gasteiger partial charge in [0.1, 0.15) is 11.3 Å². The molecule has 0 bridgehead atoms. The van der Waals surface area contributed by atoms with Crippen LogP contribution in [0.15, 0.2) is 28.7 Å². The van der Waals surface area contributed by atoms with Crippen molar-refractivity contribution in [3.63, 3.8) is 0 Å². The van der Waals surface area contributed by atoms with Gasteiger partial charge in [0.05, 0.1) is 6.04 Å². The highest BCUT2D eigenvalue weighted by atomic mass is 16.3. The number of benzene rings is 1. The van der Waals surface area contributed by atoms with E-state index in [1.807, 2.05) is 0 Å². The van der Waals surface area contributed by atoms with Crippen molar-refractivity contribution >= 4 is 11.0 Å². The average Bonchev–Trinajstić information content (AvgIpc) is 3.06. The second kappa shape index (κ2) is 5.61. The first kappa shape index (κ1) is 13.7. The molecule has 0 amide bonds. The molecule has 2 nitrogen and oxygen atoms in total. The number of furan rings is 1. The molecule has 0 saturated heterocycles. The summed E-state index contributed by atoms with van der Waals surface area (Å²) in [6.07, 6.45) is 5.34. The van der Waals surface area contributed by atoms with E-state index in [2.05, 4.69) is 50.5 Å². The van der Waals surface area contributed by atoms with Crippen molar-refractivity contribution in [1.82, 2.24) is 5.32 Å². The van der Waals surface area contributed by atoms with Gasteiger partial charge in [-0.25, -0.2) is 0 Å². The van der Waals surface area contributed by atoms with Gasteiger partial charge in [0.2, 0.25) is 0 Å². The quantitative estimate of drug-likeness (QED) is 0.861. The molecule has 3 atom stereocenters. The fraction of sp³-hybridized carbons (Fsp3) is 0.556. The maximum Gasteiger partial charge on any atom is 0.134 e. The summed E-state index contributed by atoms with van der Waals surface area (Å²) in [4.78, 5) is 0. The Morgan fingerprint density at radius 2 is 2.15 bits per heavy atom. The lowest BCUT2D eigenvalue weighted by Crippen LogP contribution is -2.23. The number of hydrogen-bond acceptors (Lipinski definition) is 2. The largest absolute Gasteiger partial charge is 0.459 e. The lowest BCUT2D eigenvalue weighted by atomic mass is 9.94. The van der Waals surface area contributed by atoms with E-state index in [0.29, 0.717) is 12.0 Å². The van der Waals surface area contributed by atoms with E-state index < -0.39 is 0 Å². The average molecular weight is 271 g/mol. The van der Waals surface area contributed by atoms with Crippen LogP contribution in [0.3, 0.4) is 0 Å². The first-order valence-electron chi connectivity index (χ1n) is 7.88. The van der Waals surface area contributed by atoms with Gasteiger partial charge in [-0.05, 0) is 56.8 Å². The molecule has 1 fully saturated rings. The normalized spacial score (nSPS) is 24.4. The van der Waals surface area contributed by atoms with Gasteiger partial charge in [-0.2, -0.15) is 0 Å². The molecule has 20 heavy (non-hydrogen) atoms. The highest BCUT2D eigenvalue weighted by molar-refractivity contribution is 5.78. The third kappa shape index (κ3) is 2.49. The number of fused-ring (bicyclic) bond motifs is 1. The molecule has 1 saturated carbocycles. The summed E-state index contributed by atoms with van der Waals surface area (Å²) in [6.45, 7) is 4.44. The van der Waals surface area contributed by atoms with E-state index in [1.165, 1.54) is 36.6 Å². The van der Waals surface area contributed by atoms with Crippen LogP contribution in [0.5, 0.6) is 0 Å². The van der Waals surface area contributed by atoms with Crippen LogP contribution in [-0.4, -0.2) is 7.05 Å². The van der Waals surface area contributed by atoms with Gasteiger partial charge in [0.15, 0.2) is 0 Å².